The fraction of sp³-hybridized carbons (Fsp3) is 0.167. The molecule has 1 amide bonds. The highest BCUT2D eigenvalue weighted by molar-refractivity contribution is 5.94. The molecule has 0 aliphatic carbocycles. The van der Waals surface area contributed by atoms with Crippen LogP contribution >= 0.6 is 0 Å². The van der Waals surface area contributed by atoms with Crippen molar-refractivity contribution in [3.63, 3.8) is 0 Å². The SMILES string of the molecule is Nc1ccc(C(=O)NCCc2cnc[nH]2)cc1F. The van der Waals surface area contributed by atoms with Crippen molar-refractivity contribution in [3.05, 3.63) is 47.8 Å². The Labute approximate surface area is 103 Å². The summed E-state index contributed by atoms with van der Waals surface area (Å²) >= 11 is 0. The van der Waals surface area contributed by atoms with E-state index >= 15 is 0 Å². The molecule has 0 saturated heterocycles. The molecule has 0 aliphatic heterocycles. The molecule has 0 unspecified atom stereocenters. The maximum absolute atomic E-state index is 13.2. The summed E-state index contributed by atoms with van der Waals surface area (Å²) in [4.78, 5) is 18.5. The average molecular weight is 248 g/mol. The van der Waals surface area contributed by atoms with Crippen molar-refractivity contribution < 1.29 is 9.18 Å². The summed E-state index contributed by atoms with van der Waals surface area (Å²) in [6, 6.07) is 3.99. The number of anilines is 1. The van der Waals surface area contributed by atoms with E-state index in [1.807, 2.05) is 0 Å². The van der Waals surface area contributed by atoms with Gasteiger partial charge in [0.2, 0.25) is 0 Å². The molecule has 5 nitrogen and oxygen atoms in total. The fourth-order valence-corrected chi connectivity index (χ4v) is 1.50. The smallest absolute Gasteiger partial charge is 0.251 e. The molecule has 2 rings (SSSR count). The first-order valence-electron chi connectivity index (χ1n) is 5.47. The summed E-state index contributed by atoms with van der Waals surface area (Å²) in [6.07, 6.45) is 3.91. The molecule has 6 heteroatoms. The number of H-pyrrole nitrogens is 1. The summed E-state index contributed by atoms with van der Waals surface area (Å²) in [5, 5.41) is 2.69. The number of nitrogens with two attached hydrogens (primary N) is 1. The standard InChI is InChI=1S/C12H13FN4O/c13-10-5-8(1-2-11(10)14)12(18)16-4-3-9-6-15-7-17-9/h1-2,5-7H,3-4,14H2,(H,15,17)(H,16,18). The quantitative estimate of drug-likeness (QED) is 0.708. The summed E-state index contributed by atoms with van der Waals surface area (Å²) in [6.45, 7) is 0.451. The molecule has 0 radical (unpaired) electrons. The largest absolute Gasteiger partial charge is 0.396 e. The highest BCUT2D eigenvalue weighted by atomic mass is 19.1. The number of nitrogens with zero attached hydrogens (tertiary/aromatic N) is 1. The number of imidazole rings is 1. The predicted molar refractivity (Wildman–Crippen MR) is 65.4 cm³/mol. The second-order valence-corrected chi connectivity index (χ2v) is 3.82. The minimum atomic E-state index is -0.587. The number of benzene rings is 1. The molecule has 1 aromatic heterocycles. The van der Waals surface area contributed by atoms with Gasteiger partial charge >= 0.3 is 0 Å². The second kappa shape index (κ2) is 5.31. The monoisotopic (exact) mass is 248 g/mol. The molecule has 0 saturated carbocycles. The van der Waals surface area contributed by atoms with E-state index in [4.69, 9.17) is 5.73 Å². The Bertz CT molecular complexity index is 539. The van der Waals surface area contributed by atoms with Gasteiger partial charge in [0.15, 0.2) is 0 Å². The number of hydrogen-bond donors (Lipinski definition) is 3. The van der Waals surface area contributed by atoms with Gasteiger partial charge in [-0.1, -0.05) is 0 Å². The molecular weight excluding hydrogens is 235 g/mol. The van der Waals surface area contributed by atoms with Gasteiger partial charge in [-0.05, 0) is 18.2 Å². The normalized spacial score (nSPS) is 10.3. The van der Waals surface area contributed by atoms with Crippen LogP contribution in [0.4, 0.5) is 10.1 Å². The number of rotatable bonds is 4. The van der Waals surface area contributed by atoms with Crippen LogP contribution in [-0.2, 0) is 6.42 Å². The van der Waals surface area contributed by atoms with E-state index in [0.717, 1.165) is 11.8 Å². The fourth-order valence-electron chi connectivity index (χ4n) is 1.50. The number of aromatic nitrogens is 2. The zero-order chi connectivity index (χ0) is 13.0. The molecule has 18 heavy (non-hydrogen) atoms. The van der Waals surface area contributed by atoms with Crippen LogP contribution in [-0.4, -0.2) is 22.4 Å². The van der Waals surface area contributed by atoms with Crippen LogP contribution in [0.5, 0.6) is 0 Å². The van der Waals surface area contributed by atoms with Gasteiger partial charge < -0.3 is 16.0 Å². The molecule has 0 aliphatic rings. The maximum atomic E-state index is 13.2. The number of carbonyl (C=O) groups excluding carboxylic acids is 1. The first-order valence-corrected chi connectivity index (χ1v) is 5.47. The first-order chi connectivity index (χ1) is 8.66. The number of nitrogen functional groups attached to an aromatic ring is 1. The van der Waals surface area contributed by atoms with Crippen LogP contribution in [0.25, 0.3) is 0 Å². The molecule has 2 aromatic rings. The Morgan fingerprint density at radius 3 is 3.00 bits per heavy atom. The lowest BCUT2D eigenvalue weighted by atomic mass is 10.2. The van der Waals surface area contributed by atoms with Crippen molar-refractivity contribution in [3.8, 4) is 0 Å². The van der Waals surface area contributed by atoms with Gasteiger partial charge in [-0.3, -0.25) is 4.79 Å². The number of hydrogen-bond acceptors (Lipinski definition) is 3. The predicted octanol–water partition coefficient (Wildman–Crippen LogP) is 1.10. The van der Waals surface area contributed by atoms with Crippen LogP contribution in [0, 0.1) is 5.82 Å². The average Bonchev–Trinajstić information content (AvgIpc) is 2.85. The number of aromatic amines is 1. The summed E-state index contributed by atoms with van der Waals surface area (Å²) in [5.74, 6) is -0.912. The Kier molecular flexibility index (Phi) is 3.57. The van der Waals surface area contributed by atoms with Gasteiger partial charge in [0, 0.05) is 30.4 Å². The highest BCUT2D eigenvalue weighted by Gasteiger charge is 2.07. The molecule has 0 bridgehead atoms. The third kappa shape index (κ3) is 2.85. The van der Waals surface area contributed by atoms with Gasteiger partial charge in [0.05, 0.1) is 12.0 Å². The van der Waals surface area contributed by atoms with E-state index < -0.39 is 5.82 Å². The van der Waals surface area contributed by atoms with E-state index in [1.165, 1.54) is 12.1 Å². The van der Waals surface area contributed by atoms with E-state index in [0.29, 0.717) is 13.0 Å². The second-order valence-electron chi connectivity index (χ2n) is 3.82. The molecule has 1 aromatic carbocycles. The molecular formula is C12H13FN4O. The summed E-state index contributed by atoms with van der Waals surface area (Å²) in [7, 11) is 0. The number of carbonyl (C=O) groups is 1. The maximum Gasteiger partial charge on any atom is 0.251 e. The van der Waals surface area contributed by atoms with Gasteiger partial charge in [-0.2, -0.15) is 0 Å². The number of nitrogens with one attached hydrogen (secondary N) is 2. The van der Waals surface area contributed by atoms with E-state index in [-0.39, 0.29) is 17.2 Å². The van der Waals surface area contributed by atoms with Crippen molar-refractivity contribution in [2.75, 3.05) is 12.3 Å². The zero-order valence-electron chi connectivity index (χ0n) is 9.61. The van der Waals surface area contributed by atoms with Crippen LogP contribution in [0.2, 0.25) is 0 Å². The number of amides is 1. The van der Waals surface area contributed by atoms with Gasteiger partial charge in [0.1, 0.15) is 5.82 Å². The van der Waals surface area contributed by atoms with Crippen LogP contribution < -0.4 is 11.1 Å². The zero-order valence-corrected chi connectivity index (χ0v) is 9.61. The van der Waals surface area contributed by atoms with Crippen molar-refractivity contribution in [2.45, 2.75) is 6.42 Å². The lowest BCUT2D eigenvalue weighted by Crippen LogP contribution is -2.25. The highest BCUT2D eigenvalue weighted by Crippen LogP contribution is 2.11. The van der Waals surface area contributed by atoms with E-state index in [9.17, 15) is 9.18 Å². The van der Waals surface area contributed by atoms with E-state index in [1.54, 1.807) is 12.5 Å². The molecule has 4 N–H and O–H groups in total. The lowest BCUT2D eigenvalue weighted by Gasteiger charge is -2.05. The van der Waals surface area contributed by atoms with Crippen molar-refractivity contribution >= 4 is 11.6 Å². The van der Waals surface area contributed by atoms with Crippen molar-refractivity contribution in [1.29, 1.82) is 0 Å². The third-order valence-corrected chi connectivity index (χ3v) is 2.50. The molecule has 94 valence electrons. The Balaban J connectivity index is 1.89. The Morgan fingerprint density at radius 2 is 2.33 bits per heavy atom. The lowest BCUT2D eigenvalue weighted by molar-refractivity contribution is 0.0953. The first kappa shape index (κ1) is 12.1. The Hall–Kier alpha value is -2.37. The van der Waals surface area contributed by atoms with Crippen molar-refractivity contribution in [1.82, 2.24) is 15.3 Å². The van der Waals surface area contributed by atoms with Gasteiger partial charge in [-0.25, -0.2) is 9.37 Å². The van der Waals surface area contributed by atoms with Crippen molar-refractivity contribution in [2.24, 2.45) is 0 Å². The minimum Gasteiger partial charge on any atom is -0.396 e. The van der Waals surface area contributed by atoms with Crippen LogP contribution in [0.1, 0.15) is 16.1 Å². The van der Waals surface area contributed by atoms with E-state index in [2.05, 4.69) is 15.3 Å². The van der Waals surface area contributed by atoms with Crippen LogP contribution in [0.15, 0.2) is 30.7 Å². The molecule has 0 atom stereocenters. The molecule has 1 heterocycles. The summed E-state index contributed by atoms with van der Waals surface area (Å²) in [5.41, 5.74) is 6.55. The Morgan fingerprint density at radius 1 is 1.50 bits per heavy atom. The molecule has 0 spiro atoms. The van der Waals surface area contributed by atoms with Crippen LogP contribution in [0.3, 0.4) is 0 Å². The number of halogens is 1. The van der Waals surface area contributed by atoms with Gasteiger partial charge in [0.25, 0.3) is 5.91 Å². The topological polar surface area (TPSA) is 83.8 Å². The van der Waals surface area contributed by atoms with Gasteiger partial charge in [-0.15, -0.1) is 0 Å². The minimum absolute atomic E-state index is 0.0315. The molecule has 0 fully saturated rings. The summed E-state index contributed by atoms with van der Waals surface area (Å²) < 4.78 is 13.2. The third-order valence-electron chi connectivity index (χ3n) is 2.50.